The average Bonchev–Trinajstić information content (AvgIpc) is 2.58. The maximum atomic E-state index is 12.0. The van der Waals surface area contributed by atoms with E-state index < -0.39 is 27.8 Å². The minimum Gasteiger partial charge on any atom is -0.748 e. The van der Waals surface area contributed by atoms with E-state index in [1.54, 1.807) is 6.92 Å². The second-order valence-corrected chi connectivity index (χ2v) is 7.02. The summed E-state index contributed by atoms with van der Waals surface area (Å²) in [5.41, 5.74) is 2.97. The van der Waals surface area contributed by atoms with Crippen molar-refractivity contribution in [3.63, 3.8) is 0 Å². The van der Waals surface area contributed by atoms with Gasteiger partial charge in [0, 0.05) is 5.75 Å². The molecule has 0 aromatic heterocycles. The molecule has 2 rings (SSSR count). The van der Waals surface area contributed by atoms with E-state index in [9.17, 15) is 17.8 Å². The normalized spacial score (nSPS) is 12.1. The van der Waals surface area contributed by atoms with Crippen molar-refractivity contribution in [2.75, 3.05) is 12.4 Å². The van der Waals surface area contributed by atoms with Crippen LogP contribution >= 0.6 is 0 Å². The number of carbonyl (C=O) groups is 1. The van der Waals surface area contributed by atoms with Gasteiger partial charge in [0.15, 0.2) is 0 Å². The molecule has 0 aliphatic rings. The SMILES string of the molecule is CC(C(=O)OCCCS(=O)(=O)[O-])c1ccc(-c2ccccc2)cc1.[Na+]. The second-order valence-electron chi connectivity index (χ2n) is 5.49. The standard InChI is InChI=1S/C18H20O5S.Na/c1-14(18(19)23-12-5-13-24(20,21)22)15-8-10-17(11-9-15)16-6-3-2-4-7-16;/h2-4,6-11,14H,5,12-13H2,1H3,(H,20,21,22);/q;+1/p-1. The monoisotopic (exact) mass is 370 g/mol. The first-order valence-corrected chi connectivity index (χ1v) is 9.20. The molecule has 2 aromatic rings. The minimum absolute atomic E-state index is 0. The Balaban J connectivity index is 0.00000312. The second kappa shape index (κ2) is 10.1. The van der Waals surface area contributed by atoms with Gasteiger partial charge in [-0.2, -0.15) is 0 Å². The van der Waals surface area contributed by atoms with Crippen molar-refractivity contribution in [3.05, 3.63) is 60.2 Å². The maximum Gasteiger partial charge on any atom is 1.00 e. The van der Waals surface area contributed by atoms with Crippen LogP contribution in [-0.2, 0) is 19.6 Å². The number of hydrogen-bond donors (Lipinski definition) is 0. The predicted molar refractivity (Wildman–Crippen MR) is 90.4 cm³/mol. The van der Waals surface area contributed by atoms with Gasteiger partial charge in [-0.1, -0.05) is 54.6 Å². The molecule has 25 heavy (non-hydrogen) atoms. The fourth-order valence-electron chi connectivity index (χ4n) is 2.26. The van der Waals surface area contributed by atoms with Crippen LogP contribution in [0.15, 0.2) is 54.6 Å². The van der Waals surface area contributed by atoms with Crippen molar-refractivity contribution in [3.8, 4) is 11.1 Å². The Morgan fingerprint density at radius 2 is 1.60 bits per heavy atom. The Kier molecular flexibility index (Phi) is 8.82. The van der Waals surface area contributed by atoms with Crippen LogP contribution in [0.1, 0.15) is 24.8 Å². The third kappa shape index (κ3) is 7.30. The van der Waals surface area contributed by atoms with Gasteiger partial charge < -0.3 is 9.29 Å². The molecule has 2 aromatic carbocycles. The smallest absolute Gasteiger partial charge is 0.748 e. The average molecular weight is 370 g/mol. The largest absolute Gasteiger partial charge is 1.00 e. The predicted octanol–water partition coefficient (Wildman–Crippen LogP) is -0.0604. The summed E-state index contributed by atoms with van der Waals surface area (Å²) in [5, 5.41) is 0. The van der Waals surface area contributed by atoms with Crippen LogP contribution < -0.4 is 29.6 Å². The molecule has 0 bridgehead atoms. The van der Waals surface area contributed by atoms with E-state index in [2.05, 4.69) is 0 Å². The Morgan fingerprint density at radius 3 is 2.16 bits per heavy atom. The topological polar surface area (TPSA) is 83.5 Å². The van der Waals surface area contributed by atoms with Gasteiger partial charge >= 0.3 is 35.5 Å². The van der Waals surface area contributed by atoms with Crippen molar-refractivity contribution in [1.82, 2.24) is 0 Å². The molecule has 0 heterocycles. The third-order valence-corrected chi connectivity index (χ3v) is 4.44. The van der Waals surface area contributed by atoms with Gasteiger partial charge in [0.05, 0.1) is 22.6 Å². The maximum absolute atomic E-state index is 12.0. The Labute approximate surface area is 170 Å². The van der Waals surface area contributed by atoms with E-state index >= 15 is 0 Å². The van der Waals surface area contributed by atoms with Crippen LogP contribution in [0.25, 0.3) is 11.1 Å². The number of benzene rings is 2. The molecule has 1 atom stereocenters. The molecule has 0 aliphatic carbocycles. The van der Waals surface area contributed by atoms with Gasteiger partial charge in [-0.15, -0.1) is 0 Å². The van der Waals surface area contributed by atoms with Crippen LogP contribution in [0, 0.1) is 0 Å². The van der Waals surface area contributed by atoms with E-state index in [-0.39, 0.29) is 42.6 Å². The van der Waals surface area contributed by atoms with Crippen molar-refractivity contribution in [2.24, 2.45) is 0 Å². The summed E-state index contributed by atoms with van der Waals surface area (Å²) in [7, 11) is -4.27. The molecule has 0 saturated carbocycles. The zero-order valence-electron chi connectivity index (χ0n) is 14.3. The fourth-order valence-corrected chi connectivity index (χ4v) is 2.74. The molecule has 0 amide bonds. The van der Waals surface area contributed by atoms with E-state index in [4.69, 9.17) is 4.74 Å². The summed E-state index contributed by atoms with van der Waals surface area (Å²) in [4.78, 5) is 12.0. The Hall–Kier alpha value is -1.18. The summed E-state index contributed by atoms with van der Waals surface area (Å²) < 4.78 is 36.5. The van der Waals surface area contributed by atoms with Crippen molar-refractivity contribution in [1.29, 1.82) is 0 Å². The van der Waals surface area contributed by atoms with Crippen LogP contribution in [0.5, 0.6) is 0 Å². The quantitative estimate of drug-likeness (QED) is 0.295. The molecule has 0 aliphatic heterocycles. The minimum atomic E-state index is -4.27. The van der Waals surface area contributed by atoms with E-state index in [1.807, 2.05) is 54.6 Å². The summed E-state index contributed by atoms with van der Waals surface area (Å²) in [6, 6.07) is 17.5. The van der Waals surface area contributed by atoms with Crippen LogP contribution in [-0.4, -0.2) is 31.3 Å². The number of carbonyl (C=O) groups excluding carboxylic acids is 1. The fraction of sp³-hybridized carbons (Fsp3) is 0.278. The molecular formula is C18H19NaO5S. The number of rotatable bonds is 7. The molecule has 128 valence electrons. The molecule has 0 radical (unpaired) electrons. The first kappa shape index (κ1) is 21.9. The number of ether oxygens (including phenoxy) is 1. The van der Waals surface area contributed by atoms with Crippen LogP contribution in [0.3, 0.4) is 0 Å². The molecule has 0 saturated heterocycles. The molecular weight excluding hydrogens is 351 g/mol. The molecule has 0 spiro atoms. The van der Waals surface area contributed by atoms with Gasteiger partial charge in [-0.25, -0.2) is 8.42 Å². The van der Waals surface area contributed by atoms with E-state index in [1.165, 1.54) is 0 Å². The van der Waals surface area contributed by atoms with Crippen molar-refractivity contribution >= 4 is 16.1 Å². The van der Waals surface area contributed by atoms with E-state index in [0.717, 1.165) is 16.7 Å². The van der Waals surface area contributed by atoms with Gasteiger partial charge in [-0.05, 0) is 30.0 Å². The molecule has 0 N–H and O–H groups in total. The van der Waals surface area contributed by atoms with Crippen molar-refractivity contribution < 1.29 is 52.1 Å². The molecule has 7 heteroatoms. The van der Waals surface area contributed by atoms with Gasteiger partial charge in [0.2, 0.25) is 0 Å². The molecule has 5 nitrogen and oxygen atoms in total. The summed E-state index contributed by atoms with van der Waals surface area (Å²) in [5.74, 6) is -1.43. The summed E-state index contributed by atoms with van der Waals surface area (Å²) in [6.45, 7) is 1.65. The Morgan fingerprint density at radius 1 is 1.04 bits per heavy atom. The first-order chi connectivity index (χ1) is 11.4. The zero-order valence-corrected chi connectivity index (χ0v) is 17.2. The number of hydrogen-bond acceptors (Lipinski definition) is 5. The van der Waals surface area contributed by atoms with Crippen LogP contribution in [0.4, 0.5) is 0 Å². The van der Waals surface area contributed by atoms with Gasteiger partial charge in [0.25, 0.3) is 0 Å². The van der Waals surface area contributed by atoms with Crippen LogP contribution in [0.2, 0.25) is 0 Å². The van der Waals surface area contributed by atoms with Gasteiger partial charge in [0.1, 0.15) is 0 Å². The number of esters is 1. The molecule has 0 fully saturated rings. The third-order valence-electron chi connectivity index (χ3n) is 3.65. The van der Waals surface area contributed by atoms with E-state index in [0.29, 0.717) is 0 Å². The molecule has 1 unspecified atom stereocenters. The summed E-state index contributed by atoms with van der Waals surface area (Å²) >= 11 is 0. The summed E-state index contributed by atoms with van der Waals surface area (Å²) in [6.07, 6.45) is 0.0111. The van der Waals surface area contributed by atoms with Crippen molar-refractivity contribution in [2.45, 2.75) is 19.3 Å². The van der Waals surface area contributed by atoms with Gasteiger partial charge in [-0.3, -0.25) is 4.79 Å². The Bertz CT molecular complexity index is 773. The first-order valence-electron chi connectivity index (χ1n) is 7.62. The zero-order chi connectivity index (χ0) is 17.6.